The summed E-state index contributed by atoms with van der Waals surface area (Å²) in [5.41, 5.74) is 1.49. The Hall–Kier alpha value is -2.98. The molecule has 4 heterocycles. The van der Waals surface area contributed by atoms with Gasteiger partial charge in [0.25, 0.3) is 0 Å². The van der Waals surface area contributed by atoms with Gasteiger partial charge in [0.05, 0.1) is 5.92 Å². The van der Waals surface area contributed by atoms with E-state index >= 15 is 0 Å². The fourth-order valence-electron chi connectivity index (χ4n) is 4.51. The van der Waals surface area contributed by atoms with E-state index in [0.29, 0.717) is 18.3 Å². The summed E-state index contributed by atoms with van der Waals surface area (Å²) in [5, 5.41) is 12.2. The smallest absolute Gasteiger partial charge is 0.224 e. The van der Waals surface area contributed by atoms with Crippen molar-refractivity contribution < 1.29 is 4.79 Å². The van der Waals surface area contributed by atoms with Gasteiger partial charge < -0.3 is 10.2 Å². The molecular formula is C23H28N6O. The third kappa shape index (κ3) is 4.95. The van der Waals surface area contributed by atoms with Gasteiger partial charge in [-0.3, -0.25) is 14.7 Å². The van der Waals surface area contributed by atoms with Crippen LogP contribution in [-0.4, -0.2) is 53.0 Å². The highest BCUT2D eigenvalue weighted by molar-refractivity contribution is 5.78. The molecule has 156 valence electrons. The standard InChI is InChI=1S/C23H28N6O/c24-14-20-6-1-7-22(27-20)28-12-8-21(9-13-28)29-11-3-5-19(17-29)23(30)26-16-18-4-2-10-25-15-18/h1-2,4,6-7,10,15,19,21H,3,5,8-9,11-13,16-17H2,(H,26,30)/t19-/m1/s1. The average Bonchev–Trinajstić information content (AvgIpc) is 2.83. The Labute approximate surface area is 177 Å². The summed E-state index contributed by atoms with van der Waals surface area (Å²) in [6.45, 7) is 4.31. The lowest BCUT2D eigenvalue weighted by molar-refractivity contribution is -0.127. The molecule has 1 atom stereocenters. The summed E-state index contributed by atoms with van der Waals surface area (Å²) in [6.07, 6.45) is 7.68. The van der Waals surface area contributed by atoms with E-state index in [2.05, 4.69) is 31.2 Å². The molecule has 1 N–H and O–H groups in total. The van der Waals surface area contributed by atoms with E-state index in [0.717, 1.165) is 63.2 Å². The first-order valence-corrected chi connectivity index (χ1v) is 10.8. The number of nitriles is 1. The highest BCUT2D eigenvalue weighted by Gasteiger charge is 2.31. The number of pyridine rings is 2. The number of carbonyl (C=O) groups is 1. The molecule has 0 saturated carbocycles. The Morgan fingerprint density at radius 1 is 1.17 bits per heavy atom. The lowest BCUT2D eigenvalue weighted by Crippen LogP contribution is -2.50. The minimum atomic E-state index is 0.0578. The minimum Gasteiger partial charge on any atom is -0.356 e. The predicted octanol–water partition coefficient (Wildman–Crippen LogP) is 2.35. The summed E-state index contributed by atoms with van der Waals surface area (Å²) >= 11 is 0. The lowest BCUT2D eigenvalue weighted by atomic mass is 9.93. The summed E-state index contributed by atoms with van der Waals surface area (Å²) in [6, 6.07) is 12.1. The van der Waals surface area contributed by atoms with Gasteiger partial charge in [-0.15, -0.1) is 0 Å². The van der Waals surface area contributed by atoms with Crippen LogP contribution < -0.4 is 10.2 Å². The van der Waals surface area contributed by atoms with Gasteiger partial charge in [-0.1, -0.05) is 12.1 Å². The third-order valence-corrected chi connectivity index (χ3v) is 6.17. The average molecular weight is 405 g/mol. The van der Waals surface area contributed by atoms with Crippen LogP contribution in [0.2, 0.25) is 0 Å². The highest BCUT2D eigenvalue weighted by atomic mass is 16.1. The number of nitrogens with one attached hydrogen (secondary N) is 1. The van der Waals surface area contributed by atoms with E-state index in [9.17, 15) is 4.79 Å². The lowest BCUT2D eigenvalue weighted by Gasteiger charge is -2.42. The number of likely N-dealkylation sites (tertiary alicyclic amines) is 1. The van der Waals surface area contributed by atoms with E-state index in [1.165, 1.54) is 0 Å². The first-order chi connectivity index (χ1) is 14.7. The quantitative estimate of drug-likeness (QED) is 0.823. The molecule has 7 nitrogen and oxygen atoms in total. The Bertz CT molecular complexity index is 888. The van der Waals surface area contributed by atoms with Crippen LogP contribution in [-0.2, 0) is 11.3 Å². The van der Waals surface area contributed by atoms with Crippen molar-refractivity contribution in [2.45, 2.75) is 38.3 Å². The van der Waals surface area contributed by atoms with Crippen molar-refractivity contribution in [3.63, 3.8) is 0 Å². The first kappa shape index (κ1) is 20.3. The zero-order chi connectivity index (χ0) is 20.8. The van der Waals surface area contributed by atoms with Crippen LogP contribution in [0.3, 0.4) is 0 Å². The number of hydrogen-bond donors (Lipinski definition) is 1. The van der Waals surface area contributed by atoms with E-state index in [4.69, 9.17) is 5.26 Å². The Kier molecular flexibility index (Phi) is 6.55. The second kappa shape index (κ2) is 9.68. The largest absolute Gasteiger partial charge is 0.356 e. The topological polar surface area (TPSA) is 85.2 Å². The summed E-state index contributed by atoms with van der Waals surface area (Å²) < 4.78 is 0. The van der Waals surface area contributed by atoms with Gasteiger partial charge in [-0.05, 0) is 56.0 Å². The molecule has 7 heteroatoms. The predicted molar refractivity (Wildman–Crippen MR) is 115 cm³/mol. The summed E-state index contributed by atoms with van der Waals surface area (Å²) in [7, 11) is 0. The van der Waals surface area contributed by atoms with Crippen molar-refractivity contribution in [3.8, 4) is 6.07 Å². The summed E-state index contributed by atoms with van der Waals surface area (Å²) in [4.78, 5) is 26.0. The Morgan fingerprint density at radius 3 is 2.80 bits per heavy atom. The van der Waals surface area contributed by atoms with Crippen molar-refractivity contribution in [2.24, 2.45) is 5.92 Å². The number of piperidine rings is 2. The molecule has 30 heavy (non-hydrogen) atoms. The van der Waals surface area contributed by atoms with Crippen LogP contribution in [0, 0.1) is 17.2 Å². The van der Waals surface area contributed by atoms with Crippen molar-refractivity contribution >= 4 is 11.7 Å². The second-order valence-corrected chi connectivity index (χ2v) is 8.12. The zero-order valence-corrected chi connectivity index (χ0v) is 17.2. The maximum atomic E-state index is 12.7. The van der Waals surface area contributed by atoms with Crippen LogP contribution >= 0.6 is 0 Å². The van der Waals surface area contributed by atoms with Gasteiger partial charge in [0.15, 0.2) is 0 Å². The number of anilines is 1. The van der Waals surface area contributed by atoms with Crippen molar-refractivity contribution in [3.05, 3.63) is 54.0 Å². The molecule has 2 saturated heterocycles. The van der Waals surface area contributed by atoms with Crippen LogP contribution in [0.25, 0.3) is 0 Å². The highest BCUT2D eigenvalue weighted by Crippen LogP contribution is 2.26. The van der Waals surface area contributed by atoms with E-state index in [1.54, 1.807) is 18.5 Å². The van der Waals surface area contributed by atoms with Crippen LogP contribution in [0.15, 0.2) is 42.7 Å². The van der Waals surface area contributed by atoms with Crippen molar-refractivity contribution in [1.82, 2.24) is 20.2 Å². The maximum absolute atomic E-state index is 12.7. The number of hydrogen-bond acceptors (Lipinski definition) is 6. The first-order valence-electron chi connectivity index (χ1n) is 10.8. The Morgan fingerprint density at radius 2 is 2.03 bits per heavy atom. The van der Waals surface area contributed by atoms with Gasteiger partial charge in [-0.25, -0.2) is 4.98 Å². The number of amides is 1. The van der Waals surface area contributed by atoms with E-state index in [1.807, 2.05) is 24.3 Å². The molecule has 1 amide bonds. The van der Waals surface area contributed by atoms with Gasteiger partial charge in [0, 0.05) is 44.6 Å². The molecule has 0 bridgehead atoms. The van der Waals surface area contributed by atoms with E-state index < -0.39 is 0 Å². The van der Waals surface area contributed by atoms with Crippen LogP contribution in [0.5, 0.6) is 0 Å². The van der Waals surface area contributed by atoms with Crippen LogP contribution in [0.1, 0.15) is 36.9 Å². The number of aromatic nitrogens is 2. The van der Waals surface area contributed by atoms with Crippen LogP contribution in [0.4, 0.5) is 5.82 Å². The molecule has 0 spiro atoms. The minimum absolute atomic E-state index is 0.0578. The molecule has 0 radical (unpaired) electrons. The second-order valence-electron chi connectivity index (χ2n) is 8.12. The molecule has 0 aliphatic carbocycles. The fourth-order valence-corrected chi connectivity index (χ4v) is 4.51. The summed E-state index contributed by atoms with van der Waals surface area (Å²) in [5.74, 6) is 1.10. The molecule has 0 unspecified atom stereocenters. The monoisotopic (exact) mass is 404 g/mol. The molecule has 2 aliphatic rings. The molecule has 2 aliphatic heterocycles. The van der Waals surface area contributed by atoms with Gasteiger partial charge in [-0.2, -0.15) is 5.26 Å². The Balaban J connectivity index is 1.27. The van der Waals surface area contributed by atoms with Crippen molar-refractivity contribution in [1.29, 1.82) is 5.26 Å². The van der Waals surface area contributed by atoms with E-state index in [-0.39, 0.29) is 11.8 Å². The normalized spacial score (nSPS) is 20.5. The van der Waals surface area contributed by atoms with Gasteiger partial charge >= 0.3 is 0 Å². The molecule has 4 rings (SSSR count). The molecule has 0 aromatic carbocycles. The molecule has 2 fully saturated rings. The SMILES string of the molecule is N#Cc1cccc(N2CCC(N3CCC[C@@H](C(=O)NCc4cccnc4)C3)CC2)n1. The number of carbonyl (C=O) groups excluding carboxylic acids is 1. The van der Waals surface area contributed by atoms with Gasteiger partial charge in [0.2, 0.25) is 5.91 Å². The number of rotatable bonds is 5. The van der Waals surface area contributed by atoms with Crippen molar-refractivity contribution in [2.75, 3.05) is 31.1 Å². The molecular weight excluding hydrogens is 376 g/mol. The third-order valence-electron chi connectivity index (χ3n) is 6.17. The zero-order valence-electron chi connectivity index (χ0n) is 17.2. The maximum Gasteiger partial charge on any atom is 0.224 e. The molecule has 2 aromatic rings. The molecule has 2 aromatic heterocycles. The van der Waals surface area contributed by atoms with Gasteiger partial charge in [0.1, 0.15) is 17.6 Å². The fraction of sp³-hybridized carbons (Fsp3) is 0.478. The number of nitrogens with zero attached hydrogens (tertiary/aromatic N) is 5.